The summed E-state index contributed by atoms with van der Waals surface area (Å²) in [7, 11) is 0. The number of halogens is 3. The quantitative estimate of drug-likeness (QED) is 0.701. The fourth-order valence-electron chi connectivity index (χ4n) is 5.08. The summed E-state index contributed by atoms with van der Waals surface area (Å²) < 4.78 is 46.6. The van der Waals surface area contributed by atoms with E-state index >= 15 is 0 Å². The molecule has 4 fully saturated rings. The predicted molar refractivity (Wildman–Crippen MR) is 112 cm³/mol. The molecule has 1 aliphatic heterocycles. The number of hydrogen-bond donors (Lipinski definition) is 2. The van der Waals surface area contributed by atoms with Gasteiger partial charge in [-0.25, -0.2) is 4.98 Å². The van der Waals surface area contributed by atoms with Crippen molar-refractivity contribution >= 4 is 16.9 Å². The van der Waals surface area contributed by atoms with Crippen LogP contribution in [0.3, 0.4) is 0 Å². The zero-order valence-electron chi connectivity index (χ0n) is 18.0. The molecule has 3 saturated carbocycles. The maximum atomic E-state index is 13.3. The molecule has 3 aliphatic carbocycles. The maximum absolute atomic E-state index is 13.3. The molecule has 4 aliphatic rings. The first-order valence-electron chi connectivity index (χ1n) is 11.1. The van der Waals surface area contributed by atoms with Crippen LogP contribution in [0.25, 0.3) is 11.0 Å². The fraction of sp³-hybridized carbons (Fsp3) is 0.591. The van der Waals surface area contributed by atoms with Crippen LogP contribution in [-0.4, -0.2) is 63.9 Å². The number of fused-ring (bicyclic) bond motifs is 1. The van der Waals surface area contributed by atoms with Crippen molar-refractivity contribution in [2.24, 2.45) is 5.92 Å². The van der Waals surface area contributed by atoms with Gasteiger partial charge in [-0.05, 0) is 37.7 Å². The largest absolute Gasteiger partial charge is 0.506 e. The van der Waals surface area contributed by atoms with Crippen LogP contribution in [0.2, 0.25) is 0 Å². The van der Waals surface area contributed by atoms with E-state index in [-0.39, 0.29) is 23.1 Å². The number of nitrogens with zero attached hydrogens (tertiary/aromatic N) is 3. The Balaban J connectivity index is 1.55. The standard InChI is InChI=1S/C22H25F3N4O4/c23-22(24,25)14-8-15-17(30)16(19(31)27-21-9-13(10-21)11-21)20(32)29(18(15)26-12-14)4-3-28-2-1-6-33-7-5-28/h8,12-13,30H,1-7,9-11H2,(H,27,31). The number of carbonyl (C=O) groups excluding carboxylic acids is 1. The minimum Gasteiger partial charge on any atom is -0.506 e. The molecule has 11 heteroatoms. The smallest absolute Gasteiger partial charge is 0.417 e. The Bertz CT molecular complexity index is 1140. The number of alkyl halides is 3. The normalized spacial score (nSPS) is 25.2. The van der Waals surface area contributed by atoms with Crippen molar-refractivity contribution in [1.29, 1.82) is 0 Å². The lowest BCUT2D eigenvalue weighted by atomic mass is 9.50. The molecule has 3 heterocycles. The predicted octanol–water partition coefficient (Wildman–Crippen LogP) is 2.13. The highest BCUT2D eigenvalue weighted by Crippen LogP contribution is 2.57. The lowest BCUT2D eigenvalue weighted by molar-refractivity contribution is -0.137. The molecule has 1 amide bonds. The first-order chi connectivity index (χ1) is 15.7. The van der Waals surface area contributed by atoms with Crippen molar-refractivity contribution in [3.05, 3.63) is 33.7 Å². The summed E-state index contributed by atoms with van der Waals surface area (Å²) in [5.74, 6) is -0.952. The van der Waals surface area contributed by atoms with E-state index in [1.165, 1.54) is 4.57 Å². The van der Waals surface area contributed by atoms with E-state index in [0.717, 1.165) is 38.3 Å². The molecule has 2 N–H and O–H groups in total. The molecule has 2 bridgehead atoms. The first-order valence-corrected chi connectivity index (χ1v) is 11.1. The zero-order valence-corrected chi connectivity index (χ0v) is 18.0. The third kappa shape index (κ3) is 3.97. The summed E-state index contributed by atoms with van der Waals surface area (Å²) in [6.45, 7) is 3.16. The van der Waals surface area contributed by atoms with Gasteiger partial charge in [0.25, 0.3) is 11.5 Å². The van der Waals surface area contributed by atoms with Crippen molar-refractivity contribution in [1.82, 2.24) is 19.8 Å². The van der Waals surface area contributed by atoms with Crippen LogP contribution < -0.4 is 10.9 Å². The van der Waals surface area contributed by atoms with E-state index in [1.54, 1.807) is 0 Å². The van der Waals surface area contributed by atoms with Gasteiger partial charge in [0.2, 0.25) is 0 Å². The molecular weight excluding hydrogens is 441 g/mol. The van der Waals surface area contributed by atoms with Gasteiger partial charge in [0.15, 0.2) is 0 Å². The van der Waals surface area contributed by atoms with Crippen LogP contribution in [-0.2, 0) is 17.5 Å². The minimum absolute atomic E-state index is 0.0846. The molecule has 0 radical (unpaired) electrons. The molecule has 33 heavy (non-hydrogen) atoms. The number of hydrogen-bond acceptors (Lipinski definition) is 6. The SMILES string of the molecule is O=C(NC12CC(C1)C2)c1c(O)c2cc(C(F)(F)F)cnc2n(CCN2CCCOCC2)c1=O. The number of ether oxygens (including phenoxy) is 1. The lowest BCUT2D eigenvalue weighted by Crippen LogP contribution is -2.68. The monoisotopic (exact) mass is 466 g/mol. The van der Waals surface area contributed by atoms with Crippen LogP contribution in [0.5, 0.6) is 5.75 Å². The summed E-state index contributed by atoms with van der Waals surface area (Å²) >= 11 is 0. The highest BCUT2D eigenvalue weighted by atomic mass is 19.4. The van der Waals surface area contributed by atoms with Crippen LogP contribution in [0.1, 0.15) is 41.6 Å². The van der Waals surface area contributed by atoms with Gasteiger partial charge in [-0.1, -0.05) is 0 Å². The number of aromatic nitrogens is 2. The van der Waals surface area contributed by atoms with Crippen molar-refractivity contribution in [2.75, 3.05) is 32.8 Å². The van der Waals surface area contributed by atoms with Crippen molar-refractivity contribution < 1.29 is 27.8 Å². The van der Waals surface area contributed by atoms with E-state index < -0.39 is 34.5 Å². The number of amides is 1. The summed E-state index contributed by atoms with van der Waals surface area (Å²) in [4.78, 5) is 32.3. The number of aromatic hydroxyl groups is 1. The summed E-state index contributed by atoms with van der Waals surface area (Å²) in [5, 5.41) is 13.3. The van der Waals surface area contributed by atoms with Gasteiger partial charge in [0, 0.05) is 44.5 Å². The molecule has 2 aromatic heterocycles. The van der Waals surface area contributed by atoms with E-state index in [4.69, 9.17) is 4.74 Å². The lowest BCUT2D eigenvalue weighted by Gasteiger charge is -2.61. The van der Waals surface area contributed by atoms with Crippen molar-refractivity contribution in [2.45, 2.75) is 43.9 Å². The van der Waals surface area contributed by atoms with Gasteiger partial charge in [-0.3, -0.25) is 19.1 Å². The first kappa shape index (κ1) is 22.1. The van der Waals surface area contributed by atoms with Gasteiger partial charge in [0.05, 0.1) is 17.6 Å². The third-order valence-electron chi connectivity index (χ3n) is 7.00. The van der Waals surface area contributed by atoms with Crippen LogP contribution in [0.15, 0.2) is 17.1 Å². The molecule has 0 atom stereocenters. The Morgan fingerprint density at radius 1 is 1.24 bits per heavy atom. The second-order valence-electron chi connectivity index (χ2n) is 9.29. The number of pyridine rings is 2. The Morgan fingerprint density at radius 2 is 2.00 bits per heavy atom. The number of nitrogens with one attached hydrogen (secondary N) is 1. The van der Waals surface area contributed by atoms with E-state index in [2.05, 4.69) is 15.2 Å². The second kappa shape index (κ2) is 7.98. The molecule has 2 aromatic rings. The van der Waals surface area contributed by atoms with Crippen LogP contribution in [0.4, 0.5) is 13.2 Å². The van der Waals surface area contributed by atoms with Gasteiger partial charge < -0.3 is 15.2 Å². The summed E-state index contributed by atoms with van der Waals surface area (Å²) in [6.07, 6.45) is -0.767. The molecule has 6 rings (SSSR count). The average Bonchev–Trinajstić information content (AvgIpc) is 2.97. The van der Waals surface area contributed by atoms with Gasteiger partial charge in [0.1, 0.15) is 17.0 Å². The molecular formula is C22H25F3N4O4. The van der Waals surface area contributed by atoms with Crippen LogP contribution >= 0.6 is 0 Å². The molecule has 1 saturated heterocycles. The van der Waals surface area contributed by atoms with E-state index in [9.17, 15) is 27.9 Å². The van der Waals surface area contributed by atoms with Gasteiger partial charge in [-0.15, -0.1) is 0 Å². The molecule has 0 aromatic carbocycles. The minimum atomic E-state index is -4.69. The van der Waals surface area contributed by atoms with Crippen molar-refractivity contribution in [3.8, 4) is 5.75 Å². The average molecular weight is 466 g/mol. The van der Waals surface area contributed by atoms with Crippen LogP contribution in [0, 0.1) is 5.92 Å². The topological polar surface area (TPSA) is 96.7 Å². The Hall–Kier alpha value is -2.66. The van der Waals surface area contributed by atoms with Gasteiger partial charge in [-0.2, -0.15) is 13.2 Å². The second-order valence-corrected chi connectivity index (χ2v) is 9.29. The zero-order chi connectivity index (χ0) is 23.4. The Morgan fingerprint density at radius 3 is 2.67 bits per heavy atom. The highest BCUT2D eigenvalue weighted by Gasteiger charge is 2.57. The summed E-state index contributed by atoms with van der Waals surface area (Å²) in [5.41, 5.74) is -2.81. The maximum Gasteiger partial charge on any atom is 0.417 e. The van der Waals surface area contributed by atoms with E-state index in [0.29, 0.717) is 38.4 Å². The molecule has 178 valence electrons. The molecule has 0 unspecified atom stereocenters. The molecule has 0 spiro atoms. The third-order valence-corrected chi connectivity index (χ3v) is 7.00. The van der Waals surface area contributed by atoms with E-state index in [1.807, 2.05) is 0 Å². The number of carbonyl (C=O) groups is 1. The molecule has 8 nitrogen and oxygen atoms in total. The van der Waals surface area contributed by atoms with Gasteiger partial charge >= 0.3 is 6.18 Å². The fourth-order valence-corrected chi connectivity index (χ4v) is 5.08. The highest BCUT2D eigenvalue weighted by molar-refractivity contribution is 6.02. The Kier molecular flexibility index (Phi) is 5.36. The number of rotatable bonds is 5. The Labute approximate surface area is 187 Å². The van der Waals surface area contributed by atoms with Crippen molar-refractivity contribution in [3.63, 3.8) is 0 Å². The summed E-state index contributed by atoms with van der Waals surface area (Å²) in [6, 6.07) is 0.741.